The first-order valence-electron chi connectivity index (χ1n) is 5.13. The fourth-order valence-electron chi connectivity index (χ4n) is 2.94. The predicted octanol–water partition coefficient (Wildman–Crippen LogP) is 0.690. The fourth-order valence-corrected chi connectivity index (χ4v) is 2.94. The monoisotopic (exact) mass is 186 g/mol. The van der Waals surface area contributed by atoms with E-state index < -0.39 is 5.60 Å². The van der Waals surface area contributed by atoms with E-state index in [9.17, 15) is 10.2 Å². The molecular formula is C10H18O3. The van der Waals surface area contributed by atoms with Crippen molar-refractivity contribution in [3.63, 3.8) is 0 Å². The van der Waals surface area contributed by atoms with E-state index in [-0.39, 0.29) is 12.0 Å². The van der Waals surface area contributed by atoms with Crippen LogP contribution in [0, 0.1) is 5.41 Å². The van der Waals surface area contributed by atoms with Crippen molar-refractivity contribution in [2.24, 2.45) is 5.41 Å². The average Bonchev–Trinajstić information content (AvgIpc) is 2.47. The second-order valence-electron chi connectivity index (χ2n) is 4.44. The molecule has 1 aliphatic carbocycles. The molecule has 0 aromatic heterocycles. The number of ether oxygens (including phenoxy) is 1. The summed E-state index contributed by atoms with van der Waals surface area (Å²) in [6.45, 7) is 1.39. The van der Waals surface area contributed by atoms with Crippen molar-refractivity contribution in [1.29, 1.82) is 0 Å². The van der Waals surface area contributed by atoms with Gasteiger partial charge in [0.1, 0.15) is 0 Å². The van der Waals surface area contributed by atoms with Crippen molar-refractivity contribution in [1.82, 2.24) is 0 Å². The summed E-state index contributed by atoms with van der Waals surface area (Å²) in [7, 11) is 0. The zero-order chi connectivity index (χ0) is 9.36. The van der Waals surface area contributed by atoms with Crippen LogP contribution in [0.4, 0.5) is 0 Å². The topological polar surface area (TPSA) is 49.7 Å². The normalized spacial score (nSPS) is 38.3. The van der Waals surface area contributed by atoms with Crippen LogP contribution in [-0.2, 0) is 4.74 Å². The molecule has 2 N–H and O–H groups in total. The second-order valence-corrected chi connectivity index (χ2v) is 4.44. The Balaban J connectivity index is 2.18. The maximum Gasteiger partial charge on any atom is 0.0934 e. The fraction of sp³-hybridized carbons (Fsp3) is 1.00. The minimum Gasteiger partial charge on any atom is -0.393 e. The zero-order valence-corrected chi connectivity index (χ0v) is 7.96. The highest BCUT2D eigenvalue weighted by Gasteiger charge is 2.53. The van der Waals surface area contributed by atoms with Gasteiger partial charge >= 0.3 is 0 Å². The van der Waals surface area contributed by atoms with Gasteiger partial charge in [-0.3, -0.25) is 0 Å². The summed E-state index contributed by atoms with van der Waals surface area (Å²) in [4.78, 5) is 0. The summed E-state index contributed by atoms with van der Waals surface area (Å²) < 4.78 is 5.30. The average molecular weight is 186 g/mol. The maximum atomic E-state index is 10.3. The summed E-state index contributed by atoms with van der Waals surface area (Å²) >= 11 is 0. The summed E-state index contributed by atoms with van der Waals surface area (Å²) in [5, 5.41) is 19.5. The Morgan fingerprint density at radius 1 is 1.08 bits per heavy atom. The van der Waals surface area contributed by atoms with Gasteiger partial charge in [0, 0.05) is 18.6 Å². The molecule has 0 amide bonds. The molecule has 1 atom stereocenters. The number of aliphatic hydroxyl groups is 2. The first-order valence-corrected chi connectivity index (χ1v) is 5.13. The van der Waals surface area contributed by atoms with Gasteiger partial charge in [0.15, 0.2) is 0 Å². The van der Waals surface area contributed by atoms with Gasteiger partial charge in [-0.05, 0) is 32.1 Å². The Morgan fingerprint density at radius 2 is 1.77 bits per heavy atom. The van der Waals surface area contributed by atoms with E-state index in [0.29, 0.717) is 0 Å². The molecule has 1 heterocycles. The van der Waals surface area contributed by atoms with E-state index >= 15 is 0 Å². The number of hydrogen-bond acceptors (Lipinski definition) is 3. The van der Waals surface area contributed by atoms with E-state index in [1.807, 2.05) is 0 Å². The van der Waals surface area contributed by atoms with Crippen LogP contribution in [-0.4, -0.2) is 35.6 Å². The van der Waals surface area contributed by atoms with Gasteiger partial charge in [0.2, 0.25) is 0 Å². The molecule has 0 aromatic carbocycles. The highest BCUT2D eigenvalue weighted by molar-refractivity contribution is 5.04. The molecular weight excluding hydrogens is 168 g/mol. The zero-order valence-electron chi connectivity index (χ0n) is 7.96. The Bertz CT molecular complexity index is 187. The van der Waals surface area contributed by atoms with Gasteiger partial charge < -0.3 is 14.9 Å². The molecule has 76 valence electrons. The lowest BCUT2D eigenvalue weighted by atomic mass is 9.69. The van der Waals surface area contributed by atoms with Crippen LogP contribution in [0.25, 0.3) is 0 Å². The second kappa shape index (κ2) is 3.23. The highest BCUT2D eigenvalue weighted by atomic mass is 16.5. The van der Waals surface area contributed by atoms with E-state index in [1.165, 1.54) is 0 Å². The summed E-state index contributed by atoms with van der Waals surface area (Å²) in [5.41, 5.74) is -0.864. The molecule has 13 heavy (non-hydrogen) atoms. The van der Waals surface area contributed by atoms with Crippen LogP contribution in [0.1, 0.15) is 32.1 Å². The smallest absolute Gasteiger partial charge is 0.0934 e. The Hall–Kier alpha value is -0.120. The first kappa shape index (κ1) is 9.44. The van der Waals surface area contributed by atoms with Gasteiger partial charge in [-0.1, -0.05) is 0 Å². The summed E-state index contributed by atoms with van der Waals surface area (Å²) in [6.07, 6.45) is 4.65. The predicted molar refractivity (Wildman–Crippen MR) is 48.4 cm³/mol. The van der Waals surface area contributed by atoms with E-state index in [4.69, 9.17) is 4.74 Å². The lowest BCUT2D eigenvalue weighted by Gasteiger charge is -2.44. The number of rotatable bonds is 1. The van der Waals surface area contributed by atoms with Crippen molar-refractivity contribution in [3.05, 3.63) is 0 Å². The SMILES string of the molecule is OCC1(O)CCCC12CCOCC2. The molecule has 1 unspecified atom stereocenters. The van der Waals surface area contributed by atoms with Crippen LogP contribution in [0.2, 0.25) is 0 Å². The highest BCUT2D eigenvalue weighted by Crippen LogP contribution is 2.52. The molecule has 0 radical (unpaired) electrons. The van der Waals surface area contributed by atoms with Gasteiger partial charge in [-0.2, -0.15) is 0 Å². The molecule has 3 nitrogen and oxygen atoms in total. The maximum absolute atomic E-state index is 10.3. The van der Waals surface area contributed by atoms with Gasteiger partial charge in [-0.25, -0.2) is 0 Å². The number of aliphatic hydroxyl groups excluding tert-OH is 1. The van der Waals surface area contributed by atoms with Crippen LogP contribution in [0.3, 0.4) is 0 Å². The lowest BCUT2D eigenvalue weighted by Crippen LogP contribution is -2.49. The molecule has 0 bridgehead atoms. The largest absolute Gasteiger partial charge is 0.393 e. The molecule has 1 saturated carbocycles. The molecule has 1 spiro atoms. The molecule has 3 heteroatoms. The lowest BCUT2D eigenvalue weighted by molar-refractivity contribution is -0.135. The van der Waals surface area contributed by atoms with Crippen LogP contribution >= 0.6 is 0 Å². The van der Waals surface area contributed by atoms with Crippen molar-refractivity contribution in [2.45, 2.75) is 37.7 Å². The van der Waals surface area contributed by atoms with E-state index in [1.54, 1.807) is 0 Å². The molecule has 2 fully saturated rings. The Labute approximate surface area is 78.7 Å². The van der Waals surface area contributed by atoms with Gasteiger partial charge in [0.05, 0.1) is 12.2 Å². The van der Waals surface area contributed by atoms with E-state index in [0.717, 1.165) is 45.3 Å². The van der Waals surface area contributed by atoms with Crippen molar-refractivity contribution >= 4 is 0 Å². The van der Waals surface area contributed by atoms with Crippen LogP contribution in [0.5, 0.6) is 0 Å². The third kappa shape index (κ3) is 1.30. The molecule has 1 aliphatic heterocycles. The molecule has 0 aromatic rings. The minimum atomic E-state index is -0.823. The van der Waals surface area contributed by atoms with Crippen molar-refractivity contribution < 1.29 is 14.9 Å². The Kier molecular flexibility index (Phi) is 2.34. The summed E-state index contributed by atoms with van der Waals surface area (Å²) in [5.74, 6) is 0. The first-order chi connectivity index (χ1) is 6.22. The van der Waals surface area contributed by atoms with Crippen LogP contribution < -0.4 is 0 Å². The number of hydrogen-bond donors (Lipinski definition) is 2. The van der Waals surface area contributed by atoms with E-state index in [2.05, 4.69) is 0 Å². The van der Waals surface area contributed by atoms with Crippen LogP contribution in [0.15, 0.2) is 0 Å². The van der Waals surface area contributed by atoms with Gasteiger partial charge in [0.25, 0.3) is 0 Å². The van der Waals surface area contributed by atoms with Crippen molar-refractivity contribution in [3.8, 4) is 0 Å². The third-order valence-corrected chi connectivity index (χ3v) is 3.94. The molecule has 2 rings (SSSR count). The van der Waals surface area contributed by atoms with Crippen molar-refractivity contribution in [2.75, 3.05) is 19.8 Å². The van der Waals surface area contributed by atoms with Gasteiger partial charge in [-0.15, -0.1) is 0 Å². The molecule has 1 saturated heterocycles. The minimum absolute atomic E-state index is 0.0417. The molecule has 2 aliphatic rings. The standard InChI is InChI=1S/C10H18O3/c11-8-10(12)3-1-2-9(10)4-6-13-7-5-9/h11-12H,1-8H2. The third-order valence-electron chi connectivity index (χ3n) is 3.94. The summed E-state index contributed by atoms with van der Waals surface area (Å²) in [6, 6.07) is 0. The Morgan fingerprint density at radius 3 is 2.38 bits per heavy atom. The quantitative estimate of drug-likeness (QED) is 0.633.